The number of nitrogens with zero attached hydrogens (tertiary/aromatic N) is 8. The maximum Gasteiger partial charge on any atom is 0.272 e. The van der Waals surface area contributed by atoms with E-state index < -0.39 is 5.92 Å². The third-order valence-electron chi connectivity index (χ3n) is 5.58. The highest BCUT2D eigenvalue weighted by Crippen LogP contribution is 2.26. The largest absolute Gasteiger partial charge is 0.341 e. The van der Waals surface area contributed by atoms with E-state index in [0.717, 1.165) is 17.8 Å². The second kappa shape index (κ2) is 9.80. The molecular weight excluding hydrogens is 406 g/mol. The van der Waals surface area contributed by atoms with Crippen LogP contribution in [0.25, 0.3) is 0 Å². The highest BCUT2D eigenvalue weighted by atomic mass is 19.3. The molecule has 1 amide bonds. The Balaban J connectivity index is 1.43. The van der Waals surface area contributed by atoms with Crippen molar-refractivity contribution in [3.8, 4) is 0 Å². The third kappa shape index (κ3) is 6.52. The second-order valence-corrected chi connectivity index (χ2v) is 8.65. The minimum absolute atomic E-state index is 0.0124. The number of hydrogen-bond acceptors (Lipinski definition) is 6. The van der Waals surface area contributed by atoms with E-state index in [1.54, 1.807) is 38.7 Å². The summed E-state index contributed by atoms with van der Waals surface area (Å²) in [5, 5.41) is 17.4. The summed E-state index contributed by atoms with van der Waals surface area (Å²) < 4.78 is 25.8. The molecule has 0 bridgehead atoms. The van der Waals surface area contributed by atoms with Crippen LogP contribution in [-0.4, -0.2) is 84.3 Å². The van der Waals surface area contributed by atoms with Crippen molar-refractivity contribution in [1.29, 1.82) is 0 Å². The summed E-state index contributed by atoms with van der Waals surface area (Å²) in [6.45, 7) is 10.1. The molecule has 0 aliphatic carbocycles. The van der Waals surface area contributed by atoms with Crippen molar-refractivity contribution in [3.05, 3.63) is 23.8 Å². The van der Waals surface area contributed by atoms with Gasteiger partial charge in [-0.05, 0) is 12.3 Å². The van der Waals surface area contributed by atoms with E-state index in [1.165, 1.54) is 0 Å². The van der Waals surface area contributed by atoms with Crippen LogP contribution in [0.2, 0.25) is 0 Å². The normalized spacial score (nSPS) is 17.0. The van der Waals surface area contributed by atoms with Crippen LogP contribution in [0.15, 0.2) is 12.4 Å². The van der Waals surface area contributed by atoms with Gasteiger partial charge < -0.3 is 4.90 Å². The summed E-state index contributed by atoms with van der Waals surface area (Å²) in [5.41, 5.74) is 1.78. The summed E-state index contributed by atoms with van der Waals surface area (Å²) in [6, 6.07) is 0. The molecule has 0 N–H and O–H groups in total. The maximum atomic E-state index is 12.9. The SMILES string of the molecule is CC(=O)N(CCC(C)c1cnn(CCN2CC(F)(F)C2)n1)CCn1ncc(C(C)C)n1. The van der Waals surface area contributed by atoms with Gasteiger partial charge in [0.05, 0.1) is 50.0 Å². The molecule has 1 atom stereocenters. The monoisotopic (exact) mass is 438 g/mol. The van der Waals surface area contributed by atoms with E-state index in [2.05, 4.69) is 34.2 Å². The van der Waals surface area contributed by atoms with Gasteiger partial charge in [-0.3, -0.25) is 9.69 Å². The van der Waals surface area contributed by atoms with Crippen molar-refractivity contribution in [3.63, 3.8) is 0 Å². The smallest absolute Gasteiger partial charge is 0.272 e. The summed E-state index contributed by atoms with van der Waals surface area (Å²) in [4.78, 5) is 18.7. The molecule has 31 heavy (non-hydrogen) atoms. The van der Waals surface area contributed by atoms with Gasteiger partial charge in [-0.15, -0.1) is 0 Å². The van der Waals surface area contributed by atoms with Crippen molar-refractivity contribution in [2.75, 3.05) is 32.7 Å². The molecule has 9 nitrogen and oxygen atoms in total. The quantitative estimate of drug-likeness (QED) is 0.533. The Bertz CT molecular complexity index is 857. The highest BCUT2D eigenvalue weighted by Gasteiger charge is 2.43. The third-order valence-corrected chi connectivity index (χ3v) is 5.58. The number of aromatic nitrogens is 6. The van der Waals surface area contributed by atoms with Gasteiger partial charge >= 0.3 is 0 Å². The molecule has 172 valence electrons. The topological polar surface area (TPSA) is 85.0 Å². The molecule has 0 radical (unpaired) electrons. The van der Waals surface area contributed by atoms with Crippen molar-refractivity contribution in [2.45, 2.75) is 65.0 Å². The van der Waals surface area contributed by atoms with E-state index >= 15 is 0 Å². The molecule has 2 aromatic rings. The number of amides is 1. The molecule has 1 unspecified atom stereocenters. The van der Waals surface area contributed by atoms with Crippen LogP contribution in [0.3, 0.4) is 0 Å². The summed E-state index contributed by atoms with van der Waals surface area (Å²) in [6.07, 6.45) is 4.23. The first kappa shape index (κ1) is 23.2. The first-order valence-corrected chi connectivity index (χ1v) is 10.8. The van der Waals surface area contributed by atoms with Crippen molar-refractivity contribution < 1.29 is 13.6 Å². The van der Waals surface area contributed by atoms with Gasteiger partial charge in [-0.25, -0.2) is 8.78 Å². The zero-order valence-electron chi connectivity index (χ0n) is 18.7. The van der Waals surface area contributed by atoms with Gasteiger partial charge in [0.25, 0.3) is 5.92 Å². The number of alkyl halides is 2. The molecule has 1 aliphatic rings. The van der Waals surface area contributed by atoms with Crippen molar-refractivity contribution in [2.24, 2.45) is 0 Å². The number of likely N-dealkylation sites (tertiary alicyclic amines) is 1. The minimum atomic E-state index is -2.55. The second-order valence-electron chi connectivity index (χ2n) is 8.65. The van der Waals surface area contributed by atoms with Crippen LogP contribution in [0.1, 0.15) is 57.3 Å². The van der Waals surface area contributed by atoms with Crippen molar-refractivity contribution in [1.82, 2.24) is 39.8 Å². The van der Waals surface area contributed by atoms with Gasteiger partial charge in [0.15, 0.2) is 0 Å². The maximum absolute atomic E-state index is 12.9. The lowest BCUT2D eigenvalue weighted by molar-refractivity contribution is -0.131. The van der Waals surface area contributed by atoms with E-state index in [9.17, 15) is 13.6 Å². The lowest BCUT2D eigenvalue weighted by Crippen LogP contribution is -2.56. The van der Waals surface area contributed by atoms with Crippen LogP contribution in [0, 0.1) is 0 Å². The molecule has 3 heterocycles. The van der Waals surface area contributed by atoms with E-state index in [1.807, 2.05) is 6.92 Å². The number of carbonyl (C=O) groups is 1. The minimum Gasteiger partial charge on any atom is -0.341 e. The number of carbonyl (C=O) groups excluding carboxylic acids is 1. The van der Waals surface area contributed by atoms with Gasteiger partial charge in [0.2, 0.25) is 5.91 Å². The fourth-order valence-corrected chi connectivity index (χ4v) is 3.46. The van der Waals surface area contributed by atoms with Crippen LogP contribution in [-0.2, 0) is 17.9 Å². The van der Waals surface area contributed by atoms with Gasteiger partial charge in [0.1, 0.15) is 0 Å². The lowest BCUT2D eigenvalue weighted by Gasteiger charge is -2.38. The van der Waals surface area contributed by atoms with E-state index in [-0.39, 0.29) is 24.9 Å². The number of rotatable bonds is 11. The Morgan fingerprint density at radius 2 is 1.65 bits per heavy atom. The number of halogens is 2. The first-order valence-electron chi connectivity index (χ1n) is 10.8. The first-order chi connectivity index (χ1) is 14.6. The van der Waals surface area contributed by atoms with E-state index in [0.29, 0.717) is 38.6 Å². The average Bonchev–Trinajstić information content (AvgIpc) is 3.33. The van der Waals surface area contributed by atoms with Crippen LogP contribution in [0.4, 0.5) is 8.78 Å². The Morgan fingerprint density at radius 3 is 2.23 bits per heavy atom. The van der Waals surface area contributed by atoms with Gasteiger partial charge in [-0.2, -0.15) is 30.0 Å². The zero-order valence-corrected chi connectivity index (χ0v) is 18.7. The highest BCUT2D eigenvalue weighted by molar-refractivity contribution is 5.73. The zero-order chi connectivity index (χ0) is 22.6. The Hall–Kier alpha value is -2.43. The molecular formula is C20H32F2N8O. The number of hydrogen-bond donors (Lipinski definition) is 0. The Morgan fingerprint density at radius 1 is 1.03 bits per heavy atom. The molecule has 1 aliphatic heterocycles. The molecule has 11 heteroatoms. The van der Waals surface area contributed by atoms with Crippen LogP contribution >= 0.6 is 0 Å². The molecule has 0 spiro atoms. The van der Waals surface area contributed by atoms with E-state index in [4.69, 9.17) is 0 Å². The van der Waals surface area contributed by atoms with Crippen LogP contribution in [0.5, 0.6) is 0 Å². The van der Waals surface area contributed by atoms with Gasteiger partial charge in [0, 0.05) is 32.5 Å². The fraction of sp³-hybridized carbons (Fsp3) is 0.750. The standard InChI is InChI=1S/C20H32F2N8O/c1-15(2)18-11-23-30(25-18)10-8-28(17(4)31)6-5-16(3)19-12-24-29(26-19)9-7-27-13-20(21,22)14-27/h11-12,15-16H,5-10,13-14H2,1-4H3. The van der Waals surface area contributed by atoms with Gasteiger partial charge in [-0.1, -0.05) is 20.8 Å². The Labute approximate surface area is 181 Å². The molecule has 0 aromatic carbocycles. The summed E-state index contributed by atoms with van der Waals surface area (Å²) >= 11 is 0. The molecule has 3 rings (SSSR count). The van der Waals surface area contributed by atoms with Crippen LogP contribution < -0.4 is 0 Å². The molecule has 1 fully saturated rings. The predicted octanol–water partition coefficient (Wildman–Crippen LogP) is 1.99. The molecule has 1 saturated heterocycles. The predicted molar refractivity (Wildman–Crippen MR) is 111 cm³/mol. The Kier molecular flexibility index (Phi) is 7.34. The molecule has 0 saturated carbocycles. The van der Waals surface area contributed by atoms with Crippen molar-refractivity contribution >= 4 is 5.91 Å². The fourth-order valence-electron chi connectivity index (χ4n) is 3.46. The summed E-state index contributed by atoms with van der Waals surface area (Å²) in [7, 11) is 0. The lowest BCUT2D eigenvalue weighted by atomic mass is 10.0. The summed E-state index contributed by atoms with van der Waals surface area (Å²) in [5.74, 6) is -2.10. The average molecular weight is 439 g/mol. The molecule has 2 aromatic heterocycles.